The SMILES string of the molecule is COCCCNC(=O)c1cc(S(=O)(=O)Nc2ccccc2F)ccc1C. The number of ether oxygens (including phenoxy) is 1. The lowest BCUT2D eigenvalue weighted by atomic mass is 10.1. The van der Waals surface area contributed by atoms with Gasteiger partial charge in [0, 0.05) is 25.8 Å². The Balaban J connectivity index is 2.22. The molecule has 0 radical (unpaired) electrons. The van der Waals surface area contributed by atoms with Gasteiger partial charge in [-0.15, -0.1) is 0 Å². The van der Waals surface area contributed by atoms with Crippen molar-refractivity contribution in [2.24, 2.45) is 0 Å². The number of rotatable bonds is 8. The Kier molecular flexibility index (Phi) is 6.70. The number of carbonyl (C=O) groups excluding carboxylic acids is 1. The van der Waals surface area contributed by atoms with Crippen molar-refractivity contribution in [1.29, 1.82) is 0 Å². The standard InChI is InChI=1S/C18H21FN2O4S/c1-13-8-9-14(12-15(13)18(22)20-10-5-11-25-2)26(23,24)21-17-7-4-3-6-16(17)19/h3-4,6-9,12,21H,5,10-11H2,1-2H3,(H,20,22). The molecule has 8 heteroatoms. The van der Waals surface area contributed by atoms with Crippen LogP contribution >= 0.6 is 0 Å². The van der Waals surface area contributed by atoms with Crippen molar-refractivity contribution >= 4 is 21.6 Å². The van der Waals surface area contributed by atoms with E-state index in [4.69, 9.17) is 4.74 Å². The number of aryl methyl sites for hydroxylation is 1. The summed E-state index contributed by atoms with van der Waals surface area (Å²) in [6.45, 7) is 2.64. The molecule has 0 heterocycles. The van der Waals surface area contributed by atoms with Crippen molar-refractivity contribution in [2.75, 3.05) is 25.0 Å². The minimum absolute atomic E-state index is 0.117. The van der Waals surface area contributed by atoms with Gasteiger partial charge in [0.1, 0.15) is 5.82 Å². The molecule has 0 aromatic heterocycles. The number of halogens is 1. The summed E-state index contributed by atoms with van der Waals surface area (Å²) in [5.74, 6) is -1.05. The van der Waals surface area contributed by atoms with Gasteiger partial charge in [-0.2, -0.15) is 0 Å². The number of nitrogens with one attached hydrogen (secondary N) is 2. The lowest BCUT2D eigenvalue weighted by Gasteiger charge is -2.12. The van der Waals surface area contributed by atoms with Crippen LogP contribution in [0.25, 0.3) is 0 Å². The molecule has 0 aliphatic carbocycles. The first-order chi connectivity index (χ1) is 12.3. The Morgan fingerprint density at radius 3 is 2.62 bits per heavy atom. The van der Waals surface area contributed by atoms with E-state index in [2.05, 4.69) is 10.0 Å². The van der Waals surface area contributed by atoms with Crippen LogP contribution in [-0.4, -0.2) is 34.6 Å². The normalized spacial score (nSPS) is 11.2. The lowest BCUT2D eigenvalue weighted by molar-refractivity contribution is 0.0948. The highest BCUT2D eigenvalue weighted by Gasteiger charge is 2.19. The van der Waals surface area contributed by atoms with Gasteiger partial charge < -0.3 is 10.1 Å². The topological polar surface area (TPSA) is 84.5 Å². The van der Waals surface area contributed by atoms with Crippen molar-refractivity contribution in [3.8, 4) is 0 Å². The summed E-state index contributed by atoms with van der Waals surface area (Å²) in [7, 11) is -2.46. The molecule has 0 saturated carbocycles. The molecular formula is C18H21FN2O4S. The number of anilines is 1. The molecule has 0 saturated heterocycles. The third-order valence-electron chi connectivity index (χ3n) is 3.69. The van der Waals surface area contributed by atoms with Gasteiger partial charge in [0.2, 0.25) is 0 Å². The van der Waals surface area contributed by atoms with E-state index >= 15 is 0 Å². The molecule has 0 bridgehead atoms. The van der Waals surface area contributed by atoms with Gasteiger partial charge in [-0.25, -0.2) is 12.8 Å². The molecule has 0 aliphatic heterocycles. The van der Waals surface area contributed by atoms with Gasteiger partial charge in [-0.3, -0.25) is 9.52 Å². The summed E-state index contributed by atoms with van der Waals surface area (Å²) >= 11 is 0. The predicted octanol–water partition coefficient (Wildman–Crippen LogP) is 2.70. The number of carbonyl (C=O) groups is 1. The molecule has 2 N–H and O–H groups in total. The fraction of sp³-hybridized carbons (Fsp3) is 0.278. The molecule has 0 fully saturated rings. The molecule has 2 rings (SSSR count). The molecule has 0 unspecified atom stereocenters. The highest BCUT2D eigenvalue weighted by atomic mass is 32.2. The van der Waals surface area contributed by atoms with Crippen molar-refractivity contribution in [1.82, 2.24) is 5.32 Å². The zero-order valence-electron chi connectivity index (χ0n) is 14.6. The van der Waals surface area contributed by atoms with E-state index in [0.717, 1.165) is 6.07 Å². The molecule has 1 amide bonds. The Labute approximate surface area is 152 Å². The Morgan fingerprint density at radius 1 is 1.19 bits per heavy atom. The quantitative estimate of drug-likeness (QED) is 0.690. The smallest absolute Gasteiger partial charge is 0.262 e. The van der Waals surface area contributed by atoms with Gasteiger partial charge in [0.25, 0.3) is 15.9 Å². The third kappa shape index (κ3) is 5.03. The van der Waals surface area contributed by atoms with Crippen LogP contribution in [0.4, 0.5) is 10.1 Å². The molecule has 2 aromatic rings. The van der Waals surface area contributed by atoms with Crippen molar-refractivity contribution in [2.45, 2.75) is 18.2 Å². The summed E-state index contributed by atoms with van der Waals surface area (Å²) in [6, 6.07) is 9.67. The van der Waals surface area contributed by atoms with Crippen LogP contribution in [-0.2, 0) is 14.8 Å². The highest BCUT2D eigenvalue weighted by molar-refractivity contribution is 7.92. The molecular weight excluding hydrogens is 359 g/mol. The van der Waals surface area contributed by atoms with Crippen LogP contribution in [0.15, 0.2) is 47.4 Å². The van der Waals surface area contributed by atoms with Crippen LogP contribution in [0.5, 0.6) is 0 Å². The lowest BCUT2D eigenvalue weighted by Crippen LogP contribution is -2.26. The van der Waals surface area contributed by atoms with E-state index in [9.17, 15) is 17.6 Å². The summed E-state index contributed by atoms with van der Waals surface area (Å²) in [5.41, 5.74) is 0.733. The number of sulfonamides is 1. The predicted molar refractivity (Wildman–Crippen MR) is 97.2 cm³/mol. The Bertz CT molecular complexity index is 885. The molecule has 0 atom stereocenters. The van der Waals surface area contributed by atoms with Crippen molar-refractivity contribution < 1.29 is 22.3 Å². The van der Waals surface area contributed by atoms with Crippen molar-refractivity contribution in [3.05, 3.63) is 59.4 Å². The second-order valence-corrected chi connectivity index (χ2v) is 7.35. The Hall–Kier alpha value is -2.45. The number of para-hydroxylation sites is 1. The van der Waals surface area contributed by atoms with E-state index in [1.165, 1.54) is 30.3 Å². The maximum absolute atomic E-state index is 13.7. The molecule has 0 spiro atoms. The van der Waals surface area contributed by atoms with Gasteiger partial charge in [0.15, 0.2) is 0 Å². The fourth-order valence-electron chi connectivity index (χ4n) is 2.27. The van der Waals surface area contributed by atoms with Crippen LogP contribution < -0.4 is 10.0 Å². The maximum atomic E-state index is 13.7. The average molecular weight is 380 g/mol. The van der Waals surface area contributed by atoms with E-state index in [-0.39, 0.29) is 22.1 Å². The third-order valence-corrected chi connectivity index (χ3v) is 5.06. The number of benzene rings is 2. The van der Waals surface area contributed by atoms with Crippen LogP contribution in [0.1, 0.15) is 22.3 Å². The summed E-state index contributed by atoms with van der Waals surface area (Å²) in [5, 5.41) is 2.72. The van der Waals surface area contributed by atoms with E-state index < -0.39 is 15.8 Å². The largest absolute Gasteiger partial charge is 0.385 e. The first-order valence-corrected chi connectivity index (χ1v) is 9.48. The summed E-state index contributed by atoms with van der Waals surface area (Å²) in [6.07, 6.45) is 0.647. The molecule has 0 aliphatic rings. The zero-order chi connectivity index (χ0) is 19.2. The van der Waals surface area contributed by atoms with Crippen LogP contribution in [0, 0.1) is 12.7 Å². The number of amides is 1. The minimum atomic E-state index is -4.03. The van der Waals surface area contributed by atoms with E-state index in [1.807, 2.05) is 0 Å². The number of hydrogen-bond donors (Lipinski definition) is 2. The van der Waals surface area contributed by atoms with E-state index in [1.54, 1.807) is 20.1 Å². The molecule has 6 nitrogen and oxygen atoms in total. The molecule has 26 heavy (non-hydrogen) atoms. The molecule has 140 valence electrons. The summed E-state index contributed by atoms with van der Waals surface area (Å²) in [4.78, 5) is 12.2. The van der Waals surface area contributed by atoms with Crippen LogP contribution in [0.2, 0.25) is 0 Å². The zero-order valence-corrected chi connectivity index (χ0v) is 15.4. The first kappa shape index (κ1) is 19.9. The molecule has 2 aromatic carbocycles. The fourth-order valence-corrected chi connectivity index (χ4v) is 3.37. The summed E-state index contributed by atoms with van der Waals surface area (Å²) < 4.78 is 45.8. The monoisotopic (exact) mass is 380 g/mol. The van der Waals surface area contributed by atoms with Crippen molar-refractivity contribution in [3.63, 3.8) is 0 Å². The average Bonchev–Trinajstić information content (AvgIpc) is 2.60. The van der Waals surface area contributed by atoms with Gasteiger partial charge >= 0.3 is 0 Å². The second-order valence-electron chi connectivity index (χ2n) is 5.66. The second kappa shape index (κ2) is 8.77. The van der Waals surface area contributed by atoms with E-state index in [0.29, 0.717) is 25.1 Å². The minimum Gasteiger partial charge on any atom is -0.385 e. The van der Waals surface area contributed by atoms with Gasteiger partial charge in [0.05, 0.1) is 10.6 Å². The van der Waals surface area contributed by atoms with Gasteiger partial charge in [-0.05, 0) is 43.2 Å². The Morgan fingerprint density at radius 2 is 1.92 bits per heavy atom. The number of hydrogen-bond acceptors (Lipinski definition) is 4. The first-order valence-electron chi connectivity index (χ1n) is 8.00. The van der Waals surface area contributed by atoms with Gasteiger partial charge in [-0.1, -0.05) is 18.2 Å². The highest BCUT2D eigenvalue weighted by Crippen LogP contribution is 2.21. The number of methoxy groups -OCH3 is 1. The maximum Gasteiger partial charge on any atom is 0.262 e. The van der Waals surface area contributed by atoms with Crippen LogP contribution in [0.3, 0.4) is 0 Å².